The maximum Gasteiger partial charge on any atom is 0.141 e. The first kappa shape index (κ1) is 20.3. The zero-order chi connectivity index (χ0) is 23.0. The van der Waals surface area contributed by atoms with E-state index in [1.165, 1.54) is 0 Å². The van der Waals surface area contributed by atoms with Crippen LogP contribution in [0.25, 0.3) is 32.9 Å². The molecule has 5 aromatic carbocycles. The number of nitrogens with zero attached hydrogens (tertiary/aromatic N) is 1. The maximum atomic E-state index is 12.5. The third kappa shape index (κ3) is 3.20. The molecule has 0 radical (unpaired) electrons. The fourth-order valence-electron chi connectivity index (χ4n) is 4.95. The van der Waals surface area contributed by atoms with Crippen LogP contribution in [-0.4, -0.2) is 10.1 Å². The summed E-state index contributed by atoms with van der Waals surface area (Å²) in [4.78, 5) is 5.12. The van der Waals surface area contributed by atoms with Gasteiger partial charge >= 0.3 is 0 Å². The highest BCUT2D eigenvalue weighted by Crippen LogP contribution is 2.43. The predicted octanol–water partition coefficient (Wildman–Crippen LogP) is 7.34. The molecule has 0 fully saturated rings. The summed E-state index contributed by atoms with van der Waals surface area (Å²) in [5, 5.41) is 15.9. The van der Waals surface area contributed by atoms with Crippen LogP contribution in [0.2, 0.25) is 0 Å². The molecule has 0 aliphatic rings. The largest absolute Gasteiger partial charge is 0.376 e. The molecular formula is C32H23NO. The van der Waals surface area contributed by atoms with Gasteiger partial charge in [0.05, 0.1) is 11.2 Å². The molecule has 0 aliphatic heterocycles. The van der Waals surface area contributed by atoms with Gasteiger partial charge in [0.2, 0.25) is 0 Å². The minimum absolute atomic E-state index is 0.806. The first-order chi connectivity index (χ1) is 16.8. The lowest BCUT2D eigenvalue weighted by molar-refractivity contribution is 0.126. The summed E-state index contributed by atoms with van der Waals surface area (Å²) in [6.45, 7) is 0. The van der Waals surface area contributed by atoms with Crippen molar-refractivity contribution in [3.05, 3.63) is 150 Å². The lowest BCUT2D eigenvalue weighted by Crippen LogP contribution is -2.29. The third-order valence-electron chi connectivity index (χ3n) is 6.56. The first-order valence-electron chi connectivity index (χ1n) is 11.5. The average Bonchev–Trinajstić information content (AvgIpc) is 2.93. The molecule has 2 nitrogen and oxygen atoms in total. The van der Waals surface area contributed by atoms with Gasteiger partial charge in [-0.1, -0.05) is 127 Å². The van der Waals surface area contributed by atoms with Crippen LogP contribution in [0.3, 0.4) is 0 Å². The molecule has 0 aliphatic carbocycles. The Morgan fingerprint density at radius 1 is 0.471 bits per heavy atom. The Morgan fingerprint density at radius 2 is 0.971 bits per heavy atom. The second-order valence-corrected chi connectivity index (χ2v) is 8.51. The molecule has 0 saturated heterocycles. The number of hydrogen-bond acceptors (Lipinski definition) is 2. The Kier molecular flexibility index (Phi) is 4.94. The molecule has 0 amide bonds. The Hall–Kier alpha value is -4.27. The maximum absolute atomic E-state index is 12.5. The van der Waals surface area contributed by atoms with Crippen molar-refractivity contribution in [3.8, 4) is 11.3 Å². The summed E-state index contributed by atoms with van der Waals surface area (Å²) in [7, 11) is 0. The van der Waals surface area contributed by atoms with Crippen LogP contribution in [0.1, 0.15) is 16.7 Å². The fourth-order valence-corrected chi connectivity index (χ4v) is 4.95. The molecule has 1 heterocycles. The summed E-state index contributed by atoms with van der Waals surface area (Å²) in [6, 6.07) is 44.4. The highest BCUT2D eigenvalue weighted by Gasteiger charge is 2.36. The van der Waals surface area contributed by atoms with E-state index in [0.717, 1.165) is 49.6 Å². The van der Waals surface area contributed by atoms with Gasteiger partial charge in [0.15, 0.2) is 0 Å². The van der Waals surface area contributed by atoms with Crippen molar-refractivity contribution in [1.29, 1.82) is 0 Å². The fraction of sp³-hybridized carbons (Fsp3) is 0.0312. The van der Waals surface area contributed by atoms with Gasteiger partial charge in [-0.25, -0.2) is 4.98 Å². The van der Waals surface area contributed by atoms with Crippen LogP contribution >= 0.6 is 0 Å². The summed E-state index contributed by atoms with van der Waals surface area (Å²) in [6.07, 6.45) is 0. The van der Waals surface area contributed by atoms with Gasteiger partial charge < -0.3 is 5.11 Å². The van der Waals surface area contributed by atoms with E-state index in [1.807, 2.05) is 97.1 Å². The number of benzene rings is 5. The van der Waals surface area contributed by atoms with Crippen molar-refractivity contribution in [2.75, 3.05) is 0 Å². The van der Waals surface area contributed by atoms with Crippen molar-refractivity contribution >= 4 is 21.7 Å². The van der Waals surface area contributed by atoms with E-state index in [4.69, 9.17) is 4.98 Å². The molecule has 162 valence electrons. The summed E-state index contributed by atoms with van der Waals surface area (Å²) in [5.74, 6) is 0. The Bertz CT molecular complexity index is 1570. The molecule has 0 saturated carbocycles. The molecule has 0 spiro atoms. The minimum Gasteiger partial charge on any atom is -0.376 e. The standard InChI is InChI=1S/C32H23NO/c34-32(23-13-3-1-4-14-23,24-15-5-2-6-16-24)29-21-11-9-20-28(29)31-27-19-8-7-17-25(27)26-18-10-12-22-30(26)33-31/h1-22,34H. The van der Waals surface area contributed by atoms with Crippen LogP contribution in [-0.2, 0) is 5.60 Å². The van der Waals surface area contributed by atoms with E-state index >= 15 is 0 Å². The number of para-hydroxylation sites is 1. The Balaban J connectivity index is 1.71. The second kappa shape index (κ2) is 8.26. The van der Waals surface area contributed by atoms with Crippen LogP contribution in [0.4, 0.5) is 0 Å². The molecule has 34 heavy (non-hydrogen) atoms. The number of aliphatic hydroxyl groups is 1. The van der Waals surface area contributed by atoms with Crippen molar-refractivity contribution in [1.82, 2.24) is 4.98 Å². The average molecular weight is 438 g/mol. The molecule has 6 rings (SSSR count). The number of pyridine rings is 1. The molecule has 0 bridgehead atoms. The molecule has 1 N–H and O–H groups in total. The SMILES string of the molecule is OC(c1ccccc1)(c1ccccc1)c1ccccc1-c1nc2ccccc2c2ccccc12. The molecule has 2 heteroatoms. The lowest BCUT2D eigenvalue weighted by atomic mass is 9.77. The number of fused-ring (bicyclic) bond motifs is 3. The first-order valence-corrected chi connectivity index (χ1v) is 11.5. The van der Waals surface area contributed by atoms with E-state index < -0.39 is 5.60 Å². The normalized spacial score (nSPS) is 11.7. The van der Waals surface area contributed by atoms with Crippen LogP contribution in [0, 0.1) is 0 Å². The number of hydrogen-bond donors (Lipinski definition) is 1. The summed E-state index contributed by atoms with van der Waals surface area (Å²) in [5.41, 5.74) is 3.83. The minimum atomic E-state index is -1.34. The lowest BCUT2D eigenvalue weighted by Gasteiger charge is -2.32. The van der Waals surface area contributed by atoms with Crippen LogP contribution in [0.15, 0.2) is 133 Å². The van der Waals surface area contributed by atoms with Crippen molar-refractivity contribution in [3.63, 3.8) is 0 Å². The van der Waals surface area contributed by atoms with Crippen molar-refractivity contribution < 1.29 is 5.11 Å². The zero-order valence-electron chi connectivity index (χ0n) is 18.6. The Morgan fingerprint density at radius 3 is 1.65 bits per heavy atom. The highest BCUT2D eigenvalue weighted by molar-refractivity contribution is 6.11. The van der Waals surface area contributed by atoms with Gasteiger partial charge in [0.25, 0.3) is 0 Å². The molecule has 1 aromatic heterocycles. The van der Waals surface area contributed by atoms with Gasteiger partial charge in [-0.2, -0.15) is 0 Å². The summed E-state index contributed by atoms with van der Waals surface area (Å²) < 4.78 is 0. The van der Waals surface area contributed by atoms with Gasteiger partial charge in [0, 0.05) is 21.9 Å². The predicted molar refractivity (Wildman–Crippen MR) is 140 cm³/mol. The van der Waals surface area contributed by atoms with E-state index in [2.05, 4.69) is 36.4 Å². The van der Waals surface area contributed by atoms with Crippen LogP contribution < -0.4 is 0 Å². The Labute approximate surface area is 198 Å². The van der Waals surface area contributed by atoms with E-state index in [9.17, 15) is 5.11 Å². The van der Waals surface area contributed by atoms with E-state index in [-0.39, 0.29) is 0 Å². The topological polar surface area (TPSA) is 33.1 Å². The van der Waals surface area contributed by atoms with Gasteiger partial charge in [-0.15, -0.1) is 0 Å². The van der Waals surface area contributed by atoms with Crippen molar-refractivity contribution in [2.45, 2.75) is 5.60 Å². The third-order valence-corrected chi connectivity index (χ3v) is 6.56. The quantitative estimate of drug-likeness (QED) is 0.231. The second-order valence-electron chi connectivity index (χ2n) is 8.51. The molecular weight excluding hydrogens is 414 g/mol. The molecule has 6 aromatic rings. The van der Waals surface area contributed by atoms with E-state index in [0.29, 0.717) is 0 Å². The summed E-state index contributed by atoms with van der Waals surface area (Å²) >= 11 is 0. The monoisotopic (exact) mass is 437 g/mol. The number of rotatable bonds is 4. The van der Waals surface area contributed by atoms with Crippen LogP contribution in [0.5, 0.6) is 0 Å². The van der Waals surface area contributed by atoms with Gasteiger partial charge in [-0.3, -0.25) is 0 Å². The zero-order valence-corrected chi connectivity index (χ0v) is 18.6. The highest BCUT2D eigenvalue weighted by atomic mass is 16.3. The van der Waals surface area contributed by atoms with E-state index in [1.54, 1.807) is 0 Å². The van der Waals surface area contributed by atoms with Crippen molar-refractivity contribution in [2.24, 2.45) is 0 Å². The number of aromatic nitrogens is 1. The van der Waals surface area contributed by atoms with Gasteiger partial charge in [-0.05, 0) is 22.6 Å². The smallest absolute Gasteiger partial charge is 0.141 e. The van der Waals surface area contributed by atoms with Gasteiger partial charge in [0.1, 0.15) is 5.60 Å². The molecule has 0 unspecified atom stereocenters. The molecule has 0 atom stereocenters.